The summed E-state index contributed by atoms with van der Waals surface area (Å²) in [5.41, 5.74) is 0. The summed E-state index contributed by atoms with van der Waals surface area (Å²) < 4.78 is 0. The fraction of sp³-hybridized carbons (Fsp3) is 0.844. The van der Waals surface area contributed by atoms with Gasteiger partial charge in [-0.3, -0.25) is 4.79 Å². The van der Waals surface area contributed by atoms with E-state index in [9.17, 15) is 15.0 Å². The van der Waals surface area contributed by atoms with Crippen molar-refractivity contribution in [2.75, 3.05) is 6.61 Å². The van der Waals surface area contributed by atoms with Crippen molar-refractivity contribution in [1.82, 2.24) is 5.32 Å². The summed E-state index contributed by atoms with van der Waals surface area (Å²) in [6.07, 6.45) is 54.2. The zero-order valence-corrected chi connectivity index (χ0v) is 33.0. The quantitative estimate of drug-likeness (QED) is 0.0445. The van der Waals surface area contributed by atoms with Crippen molar-refractivity contribution >= 4 is 5.91 Å². The molecule has 0 aliphatic heterocycles. The van der Waals surface area contributed by atoms with Crippen molar-refractivity contribution in [3.8, 4) is 0 Å². The van der Waals surface area contributed by atoms with Gasteiger partial charge in [-0.2, -0.15) is 0 Å². The van der Waals surface area contributed by atoms with Crippen LogP contribution in [-0.4, -0.2) is 34.9 Å². The first kappa shape index (κ1) is 47.6. The standard InChI is InChI=1S/C45H85NO3/c1-3-5-7-9-11-13-14-15-16-17-18-19-20-21-22-23-24-25-26-27-28-29-30-31-33-35-37-39-41-45(49)46-43(42-47)44(48)40-38-36-34-32-12-10-8-6-4-2/h12,21-22,32,38,40,43-44,47-48H,3-11,13-20,23-31,33-37,39,41-42H2,1-2H3,(H,46,49)/b22-21-,32-12+,40-38+. The molecule has 0 heterocycles. The van der Waals surface area contributed by atoms with Crippen molar-refractivity contribution in [3.05, 3.63) is 36.5 Å². The normalized spacial score (nSPS) is 13.3. The topological polar surface area (TPSA) is 69.6 Å². The Kier molecular flexibility index (Phi) is 39.9. The second-order valence-electron chi connectivity index (χ2n) is 14.8. The average Bonchev–Trinajstić information content (AvgIpc) is 3.10. The highest BCUT2D eigenvalue weighted by atomic mass is 16.3. The van der Waals surface area contributed by atoms with E-state index in [1.165, 1.54) is 173 Å². The number of amides is 1. The van der Waals surface area contributed by atoms with E-state index in [2.05, 4.69) is 43.5 Å². The van der Waals surface area contributed by atoms with E-state index in [-0.39, 0.29) is 12.5 Å². The Morgan fingerprint density at radius 2 is 0.796 bits per heavy atom. The molecule has 0 aromatic heterocycles. The van der Waals surface area contributed by atoms with Crippen LogP contribution in [0.2, 0.25) is 0 Å². The number of rotatable bonds is 39. The second-order valence-corrected chi connectivity index (χ2v) is 14.8. The van der Waals surface area contributed by atoms with Crippen LogP contribution >= 0.6 is 0 Å². The van der Waals surface area contributed by atoms with Gasteiger partial charge in [0.2, 0.25) is 5.91 Å². The lowest BCUT2D eigenvalue weighted by Crippen LogP contribution is -2.45. The summed E-state index contributed by atoms with van der Waals surface area (Å²) in [6.45, 7) is 4.25. The molecule has 0 aromatic carbocycles. The summed E-state index contributed by atoms with van der Waals surface area (Å²) >= 11 is 0. The summed E-state index contributed by atoms with van der Waals surface area (Å²) in [4.78, 5) is 12.3. The highest BCUT2D eigenvalue weighted by Gasteiger charge is 2.17. The van der Waals surface area contributed by atoms with E-state index in [1.807, 2.05) is 6.08 Å². The van der Waals surface area contributed by atoms with Crippen LogP contribution in [0.5, 0.6) is 0 Å². The van der Waals surface area contributed by atoms with Crippen LogP contribution in [0.4, 0.5) is 0 Å². The van der Waals surface area contributed by atoms with Crippen LogP contribution in [0.1, 0.15) is 226 Å². The predicted molar refractivity (Wildman–Crippen MR) is 216 cm³/mol. The third-order valence-electron chi connectivity index (χ3n) is 9.85. The van der Waals surface area contributed by atoms with Gasteiger partial charge in [0, 0.05) is 6.42 Å². The molecule has 0 saturated carbocycles. The van der Waals surface area contributed by atoms with Crippen LogP contribution < -0.4 is 5.32 Å². The van der Waals surface area contributed by atoms with Crippen molar-refractivity contribution in [1.29, 1.82) is 0 Å². The van der Waals surface area contributed by atoms with Gasteiger partial charge in [0.1, 0.15) is 0 Å². The minimum Gasteiger partial charge on any atom is -0.394 e. The molecular weight excluding hydrogens is 602 g/mol. The van der Waals surface area contributed by atoms with E-state index in [1.54, 1.807) is 6.08 Å². The smallest absolute Gasteiger partial charge is 0.220 e. The van der Waals surface area contributed by atoms with Crippen LogP contribution in [0, 0.1) is 0 Å². The Hall–Kier alpha value is -1.39. The molecule has 0 spiro atoms. The van der Waals surface area contributed by atoms with E-state index < -0.39 is 12.1 Å². The lowest BCUT2D eigenvalue weighted by atomic mass is 10.0. The molecule has 0 bridgehead atoms. The second kappa shape index (κ2) is 41.0. The molecule has 1 amide bonds. The molecule has 0 radical (unpaired) electrons. The number of unbranched alkanes of at least 4 members (excludes halogenated alkanes) is 28. The van der Waals surface area contributed by atoms with Gasteiger partial charge in [0.15, 0.2) is 0 Å². The lowest BCUT2D eigenvalue weighted by molar-refractivity contribution is -0.123. The van der Waals surface area contributed by atoms with Crippen LogP contribution in [-0.2, 0) is 4.79 Å². The number of carbonyl (C=O) groups is 1. The molecular formula is C45H85NO3. The van der Waals surface area contributed by atoms with Gasteiger partial charge in [0.25, 0.3) is 0 Å². The lowest BCUT2D eigenvalue weighted by Gasteiger charge is -2.19. The minimum absolute atomic E-state index is 0.0765. The van der Waals surface area contributed by atoms with Crippen LogP contribution in [0.15, 0.2) is 36.5 Å². The van der Waals surface area contributed by atoms with Gasteiger partial charge >= 0.3 is 0 Å². The molecule has 3 N–H and O–H groups in total. The Bertz CT molecular complexity index is 746. The average molecular weight is 688 g/mol. The van der Waals surface area contributed by atoms with Crippen molar-refractivity contribution in [3.63, 3.8) is 0 Å². The van der Waals surface area contributed by atoms with E-state index in [4.69, 9.17) is 0 Å². The first-order valence-corrected chi connectivity index (χ1v) is 21.7. The Morgan fingerprint density at radius 1 is 0.469 bits per heavy atom. The molecule has 0 rings (SSSR count). The number of allylic oxidation sites excluding steroid dienone is 5. The minimum atomic E-state index is -0.858. The van der Waals surface area contributed by atoms with Crippen LogP contribution in [0.3, 0.4) is 0 Å². The zero-order chi connectivity index (χ0) is 35.7. The van der Waals surface area contributed by atoms with Crippen molar-refractivity contribution < 1.29 is 15.0 Å². The number of nitrogens with one attached hydrogen (secondary N) is 1. The summed E-state index contributed by atoms with van der Waals surface area (Å²) in [6, 6.07) is -0.635. The molecule has 0 aliphatic carbocycles. The summed E-state index contributed by atoms with van der Waals surface area (Å²) in [5.74, 6) is -0.0765. The predicted octanol–water partition coefficient (Wildman–Crippen LogP) is 13.4. The SMILES string of the molecule is CCCCC/C=C/CC/C=C/C(O)C(CO)NC(=O)CCCCCCCCCCCCCC/C=C\CCCCCCCCCCCCCC. The molecule has 4 nitrogen and oxygen atoms in total. The third-order valence-corrected chi connectivity index (χ3v) is 9.85. The number of hydrogen-bond acceptors (Lipinski definition) is 3. The van der Waals surface area contributed by atoms with Gasteiger partial charge < -0.3 is 15.5 Å². The van der Waals surface area contributed by atoms with Gasteiger partial charge in [0.05, 0.1) is 18.8 Å². The fourth-order valence-corrected chi connectivity index (χ4v) is 6.48. The Labute approximate surface area is 306 Å². The first-order chi connectivity index (χ1) is 24.2. The molecule has 0 fully saturated rings. The van der Waals surface area contributed by atoms with Crippen molar-refractivity contribution in [2.24, 2.45) is 0 Å². The van der Waals surface area contributed by atoms with Gasteiger partial charge in [-0.05, 0) is 57.8 Å². The largest absolute Gasteiger partial charge is 0.394 e. The summed E-state index contributed by atoms with van der Waals surface area (Å²) in [7, 11) is 0. The van der Waals surface area contributed by atoms with E-state index >= 15 is 0 Å². The molecule has 0 aliphatic rings. The maximum Gasteiger partial charge on any atom is 0.220 e. The molecule has 4 heteroatoms. The van der Waals surface area contributed by atoms with E-state index in [0.717, 1.165) is 32.1 Å². The molecule has 2 atom stereocenters. The summed E-state index contributed by atoms with van der Waals surface area (Å²) in [5, 5.41) is 22.8. The first-order valence-electron chi connectivity index (χ1n) is 21.7. The number of aliphatic hydroxyl groups is 2. The molecule has 2 unspecified atom stereocenters. The molecule has 0 aromatic rings. The highest BCUT2D eigenvalue weighted by Crippen LogP contribution is 2.15. The molecule has 0 saturated heterocycles. The maximum absolute atomic E-state index is 12.3. The highest BCUT2D eigenvalue weighted by molar-refractivity contribution is 5.76. The fourth-order valence-electron chi connectivity index (χ4n) is 6.48. The van der Waals surface area contributed by atoms with E-state index in [0.29, 0.717) is 6.42 Å². The van der Waals surface area contributed by atoms with Crippen LogP contribution in [0.25, 0.3) is 0 Å². The monoisotopic (exact) mass is 688 g/mol. The van der Waals surface area contributed by atoms with Gasteiger partial charge in [-0.1, -0.05) is 198 Å². The van der Waals surface area contributed by atoms with Crippen molar-refractivity contribution in [2.45, 2.75) is 238 Å². The Morgan fingerprint density at radius 3 is 1.22 bits per heavy atom. The maximum atomic E-state index is 12.3. The zero-order valence-electron chi connectivity index (χ0n) is 33.0. The molecule has 49 heavy (non-hydrogen) atoms. The Balaban J connectivity index is 3.46. The third kappa shape index (κ3) is 37.7. The molecule has 288 valence electrons. The van der Waals surface area contributed by atoms with Gasteiger partial charge in [-0.25, -0.2) is 0 Å². The van der Waals surface area contributed by atoms with Gasteiger partial charge in [-0.15, -0.1) is 0 Å². The number of carbonyl (C=O) groups excluding carboxylic acids is 1. The number of hydrogen-bond donors (Lipinski definition) is 3. The number of aliphatic hydroxyl groups excluding tert-OH is 2.